The van der Waals surface area contributed by atoms with Crippen LogP contribution in [0.1, 0.15) is 31.8 Å². The zero-order valence-corrected chi connectivity index (χ0v) is 20.6. The lowest BCUT2D eigenvalue weighted by atomic mass is 10.0. The van der Waals surface area contributed by atoms with Crippen LogP contribution in [0.4, 0.5) is 5.69 Å². The quantitative estimate of drug-likeness (QED) is 0.391. The number of nitrogens with one attached hydrogen (secondary N) is 2. The maximum atomic E-state index is 12.8. The van der Waals surface area contributed by atoms with Gasteiger partial charge in [0.15, 0.2) is 0 Å². The third-order valence-corrected chi connectivity index (χ3v) is 6.03. The van der Waals surface area contributed by atoms with Gasteiger partial charge in [0, 0.05) is 12.1 Å². The number of carbonyl (C=O) groups excluding carboxylic acids is 3. The van der Waals surface area contributed by atoms with E-state index in [4.69, 9.17) is 39.5 Å². The largest absolute Gasteiger partial charge is 0.467 e. The Labute approximate surface area is 212 Å². The fraction of sp³-hybridized carbons (Fsp3) is 0.160. The molecule has 0 aliphatic carbocycles. The van der Waals surface area contributed by atoms with Gasteiger partial charge in [0.25, 0.3) is 11.8 Å². The molecule has 3 aromatic carbocycles. The molecule has 34 heavy (non-hydrogen) atoms. The molecular weight excluding hydrogens is 499 g/mol. The lowest BCUT2D eigenvalue weighted by molar-refractivity contribution is -0.142. The third-order valence-electron chi connectivity index (χ3n) is 5.08. The molecule has 0 saturated heterocycles. The number of rotatable bonds is 7. The Hall–Kier alpha value is -3.06. The van der Waals surface area contributed by atoms with Crippen LogP contribution in [0.15, 0.2) is 60.7 Å². The zero-order chi connectivity index (χ0) is 24.8. The zero-order valence-electron chi connectivity index (χ0n) is 18.3. The van der Waals surface area contributed by atoms with E-state index < -0.39 is 23.8 Å². The van der Waals surface area contributed by atoms with Crippen LogP contribution in [-0.2, 0) is 16.0 Å². The first kappa shape index (κ1) is 25.6. The average molecular weight is 520 g/mol. The smallest absolute Gasteiger partial charge is 0.328 e. The van der Waals surface area contributed by atoms with Gasteiger partial charge in [0.2, 0.25) is 0 Å². The van der Waals surface area contributed by atoms with Crippen LogP contribution < -0.4 is 10.6 Å². The van der Waals surface area contributed by atoms with E-state index in [0.29, 0.717) is 21.8 Å². The molecule has 0 saturated carbocycles. The molecule has 0 heterocycles. The predicted octanol–water partition coefficient (Wildman–Crippen LogP) is 5.72. The summed E-state index contributed by atoms with van der Waals surface area (Å²) in [6, 6.07) is 15.8. The number of hydrogen-bond donors (Lipinski definition) is 2. The summed E-state index contributed by atoms with van der Waals surface area (Å²) in [5.41, 5.74) is 2.41. The van der Waals surface area contributed by atoms with Crippen molar-refractivity contribution in [3.63, 3.8) is 0 Å². The minimum absolute atomic E-state index is 0.173. The standard InChI is InChI=1S/C25H21Cl3N2O4/c1-14-5-3-6-17(26)21(14)23(31)30-20(25(33)34-2)13-15-9-11-16(12-10-15)29-24(32)22-18(27)7-4-8-19(22)28/h3-12,20H,13H2,1-2H3,(H,29,32)(H,30,31)/t20-/m0/s1. The van der Waals surface area contributed by atoms with E-state index in [1.54, 1.807) is 67.6 Å². The van der Waals surface area contributed by atoms with Crippen LogP contribution in [0.3, 0.4) is 0 Å². The highest BCUT2D eigenvalue weighted by atomic mass is 35.5. The molecule has 2 N–H and O–H groups in total. The molecule has 0 spiro atoms. The topological polar surface area (TPSA) is 84.5 Å². The molecule has 3 aromatic rings. The number of carbonyl (C=O) groups is 3. The van der Waals surface area contributed by atoms with Crippen molar-refractivity contribution in [1.82, 2.24) is 5.32 Å². The van der Waals surface area contributed by atoms with Crippen LogP contribution in [0, 0.1) is 6.92 Å². The molecular formula is C25H21Cl3N2O4. The van der Waals surface area contributed by atoms with Gasteiger partial charge in [-0.2, -0.15) is 0 Å². The minimum Gasteiger partial charge on any atom is -0.467 e. The van der Waals surface area contributed by atoms with Crippen molar-refractivity contribution in [3.05, 3.63) is 98.0 Å². The van der Waals surface area contributed by atoms with E-state index in [9.17, 15) is 14.4 Å². The van der Waals surface area contributed by atoms with Gasteiger partial charge in [-0.1, -0.05) is 65.1 Å². The summed E-state index contributed by atoms with van der Waals surface area (Å²) in [5.74, 6) is -1.51. The highest BCUT2D eigenvalue weighted by Gasteiger charge is 2.24. The van der Waals surface area contributed by atoms with Gasteiger partial charge in [0.05, 0.1) is 33.3 Å². The van der Waals surface area contributed by atoms with Crippen LogP contribution in [-0.4, -0.2) is 30.9 Å². The third kappa shape index (κ3) is 6.08. The number of methoxy groups -OCH3 is 1. The summed E-state index contributed by atoms with van der Waals surface area (Å²) < 4.78 is 4.86. The van der Waals surface area contributed by atoms with Crippen LogP contribution >= 0.6 is 34.8 Å². The molecule has 9 heteroatoms. The molecule has 0 unspecified atom stereocenters. The molecule has 1 atom stereocenters. The summed E-state index contributed by atoms with van der Waals surface area (Å²) in [7, 11) is 1.25. The second-order valence-corrected chi connectivity index (χ2v) is 8.65. The molecule has 0 fully saturated rings. The summed E-state index contributed by atoms with van der Waals surface area (Å²) in [6.45, 7) is 1.76. The van der Waals surface area contributed by atoms with Crippen molar-refractivity contribution in [2.45, 2.75) is 19.4 Å². The predicted molar refractivity (Wildman–Crippen MR) is 134 cm³/mol. The number of ether oxygens (including phenoxy) is 1. The lowest BCUT2D eigenvalue weighted by Gasteiger charge is -2.18. The molecule has 176 valence electrons. The maximum Gasteiger partial charge on any atom is 0.328 e. The van der Waals surface area contributed by atoms with Crippen LogP contribution in [0.5, 0.6) is 0 Å². The van der Waals surface area contributed by atoms with E-state index in [2.05, 4.69) is 10.6 Å². The molecule has 3 rings (SSSR count). The van der Waals surface area contributed by atoms with Crippen molar-refractivity contribution in [2.24, 2.45) is 0 Å². The Kier molecular flexibility index (Phi) is 8.56. The van der Waals surface area contributed by atoms with Crippen molar-refractivity contribution < 1.29 is 19.1 Å². The highest BCUT2D eigenvalue weighted by Crippen LogP contribution is 2.25. The van der Waals surface area contributed by atoms with E-state index in [1.807, 2.05) is 0 Å². The number of aryl methyl sites for hydroxylation is 1. The second kappa shape index (κ2) is 11.4. The van der Waals surface area contributed by atoms with E-state index in [0.717, 1.165) is 5.56 Å². The van der Waals surface area contributed by atoms with E-state index in [-0.39, 0.29) is 22.0 Å². The first-order valence-corrected chi connectivity index (χ1v) is 11.3. The molecule has 0 aliphatic rings. The second-order valence-electron chi connectivity index (χ2n) is 7.43. The van der Waals surface area contributed by atoms with Gasteiger partial charge in [-0.3, -0.25) is 9.59 Å². The number of hydrogen-bond acceptors (Lipinski definition) is 4. The highest BCUT2D eigenvalue weighted by molar-refractivity contribution is 6.40. The fourth-order valence-corrected chi connectivity index (χ4v) is 4.23. The van der Waals surface area contributed by atoms with Crippen LogP contribution in [0.25, 0.3) is 0 Å². The number of esters is 1. The van der Waals surface area contributed by atoms with Gasteiger partial charge in [0.1, 0.15) is 6.04 Å². The molecule has 0 radical (unpaired) electrons. The SMILES string of the molecule is COC(=O)[C@H](Cc1ccc(NC(=O)c2c(Cl)cccc2Cl)cc1)NC(=O)c1c(C)cccc1Cl. The monoisotopic (exact) mass is 518 g/mol. The van der Waals surface area contributed by atoms with Crippen molar-refractivity contribution >= 4 is 58.3 Å². The van der Waals surface area contributed by atoms with Gasteiger partial charge < -0.3 is 15.4 Å². The number of benzene rings is 3. The average Bonchev–Trinajstić information content (AvgIpc) is 2.79. The molecule has 0 bridgehead atoms. The number of amides is 2. The van der Waals surface area contributed by atoms with Crippen LogP contribution in [0.2, 0.25) is 15.1 Å². The number of anilines is 1. The first-order chi connectivity index (χ1) is 16.2. The Morgan fingerprint density at radius 3 is 1.94 bits per heavy atom. The minimum atomic E-state index is -0.935. The summed E-state index contributed by atoms with van der Waals surface area (Å²) in [5, 5.41) is 6.21. The Morgan fingerprint density at radius 2 is 1.38 bits per heavy atom. The van der Waals surface area contributed by atoms with Gasteiger partial charge in [-0.15, -0.1) is 0 Å². The Bertz CT molecular complexity index is 1190. The van der Waals surface area contributed by atoms with Crippen molar-refractivity contribution in [1.29, 1.82) is 0 Å². The molecule has 6 nitrogen and oxygen atoms in total. The summed E-state index contributed by atoms with van der Waals surface area (Å²) >= 11 is 18.4. The van der Waals surface area contributed by atoms with Gasteiger partial charge in [-0.05, 0) is 48.4 Å². The summed E-state index contributed by atoms with van der Waals surface area (Å²) in [6.07, 6.45) is 0.173. The molecule has 0 aromatic heterocycles. The van der Waals surface area contributed by atoms with Crippen molar-refractivity contribution in [2.75, 3.05) is 12.4 Å². The Balaban J connectivity index is 1.72. The molecule has 2 amide bonds. The Morgan fingerprint density at radius 1 is 0.824 bits per heavy atom. The molecule has 0 aliphatic heterocycles. The van der Waals surface area contributed by atoms with E-state index in [1.165, 1.54) is 7.11 Å². The van der Waals surface area contributed by atoms with Gasteiger partial charge >= 0.3 is 5.97 Å². The maximum absolute atomic E-state index is 12.8. The van der Waals surface area contributed by atoms with Crippen molar-refractivity contribution in [3.8, 4) is 0 Å². The fourth-order valence-electron chi connectivity index (χ4n) is 3.35. The van der Waals surface area contributed by atoms with Gasteiger partial charge in [-0.25, -0.2) is 4.79 Å². The number of halogens is 3. The summed E-state index contributed by atoms with van der Waals surface area (Å²) in [4.78, 5) is 37.7. The first-order valence-electron chi connectivity index (χ1n) is 10.2. The normalized spacial score (nSPS) is 11.4. The van der Waals surface area contributed by atoms with E-state index >= 15 is 0 Å². The lowest BCUT2D eigenvalue weighted by Crippen LogP contribution is -2.43.